The zero-order valence-corrected chi connectivity index (χ0v) is 21.5. The number of alkyl halides is 1. The summed E-state index contributed by atoms with van der Waals surface area (Å²) in [5.74, 6) is 2.06. The lowest BCUT2D eigenvalue weighted by Crippen LogP contribution is -2.44. The van der Waals surface area contributed by atoms with Crippen molar-refractivity contribution in [3.05, 3.63) is 48.3 Å². The number of methoxy groups -OCH3 is 1. The molecule has 2 aliphatic heterocycles. The SMILES string of the molecule is COc1nc(Nc2cc(-c3ccc(O[C@H]4CCNC[C@H]4F)c(C#N)c3)ncn2)ccc1N1CCN(C)CC1. The first-order valence-electron chi connectivity index (χ1n) is 12.7. The number of benzene rings is 1. The minimum Gasteiger partial charge on any atom is -0.486 e. The lowest BCUT2D eigenvalue weighted by atomic mass is 10.1. The number of anilines is 3. The van der Waals surface area contributed by atoms with Crippen LogP contribution in [-0.4, -0.2) is 85.6 Å². The van der Waals surface area contributed by atoms with Gasteiger partial charge in [-0.2, -0.15) is 10.2 Å². The van der Waals surface area contributed by atoms with Crippen molar-refractivity contribution in [2.24, 2.45) is 0 Å². The topological polar surface area (TPSA) is 111 Å². The summed E-state index contributed by atoms with van der Waals surface area (Å²) in [7, 11) is 3.74. The number of likely N-dealkylation sites (N-methyl/N-ethyl adjacent to an activating group) is 1. The highest BCUT2D eigenvalue weighted by Gasteiger charge is 2.27. The minimum atomic E-state index is -1.12. The van der Waals surface area contributed by atoms with E-state index in [1.54, 1.807) is 25.3 Å². The van der Waals surface area contributed by atoms with Gasteiger partial charge in [-0.15, -0.1) is 0 Å². The first-order chi connectivity index (χ1) is 18.5. The number of halogens is 1. The van der Waals surface area contributed by atoms with Crippen molar-refractivity contribution >= 4 is 17.3 Å². The Kier molecular flexibility index (Phi) is 7.81. The molecule has 2 aromatic heterocycles. The molecule has 2 N–H and O–H groups in total. The summed E-state index contributed by atoms with van der Waals surface area (Å²) >= 11 is 0. The molecule has 0 radical (unpaired) electrons. The van der Waals surface area contributed by atoms with E-state index in [4.69, 9.17) is 9.47 Å². The van der Waals surface area contributed by atoms with E-state index < -0.39 is 12.3 Å². The quantitative estimate of drug-likeness (QED) is 0.484. The second-order valence-electron chi connectivity index (χ2n) is 9.42. The Morgan fingerprint density at radius 3 is 2.71 bits per heavy atom. The van der Waals surface area contributed by atoms with Gasteiger partial charge >= 0.3 is 0 Å². The second kappa shape index (κ2) is 11.6. The predicted octanol–water partition coefficient (Wildman–Crippen LogP) is 2.99. The molecule has 0 aliphatic carbocycles. The third kappa shape index (κ3) is 5.77. The van der Waals surface area contributed by atoms with Crippen LogP contribution in [0.3, 0.4) is 0 Å². The summed E-state index contributed by atoms with van der Waals surface area (Å²) in [6.07, 6.45) is 0.306. The van der Waals surface area contributed by atoms with Crippen LogP contribution in [0.5, 0.6) is 11.6 Å². The van der Waals surface area contributed by atoms with Gasteiger partial charge in [0, 0.05) is 44.4 Å². The highest BCUT2D eigenvalue weighted by molar-refractivity contribution is 5.68. The lowest BCUT2D eigenvalue weighted by Gasteiger charge is -2.34. The molecule has 1 aromatic carbocycles. The molecule has 5 rings (SSSR count). The van der Waals surface area contributed by atoms with Gasteiger partial charge in [-0.25, -0.2) is 14.4 Å². The first-order valence-corrected chi connectivity index (χ1v) is 12.7. The van der Waals surface area contributed by atoms with Gasteiger partial charge in [0.1, 0.15) is 47.7 Å². The number of nitrogens with one attached hydrogen (secondary N) is 2. The third-order valence-electron chi connectivity index (χ3n) is 6.82. The van der Waals surface area contributed by atoms with E-state index >= 15 is 0 Å². The normalized spacial score (nSPS) is 20.0. The number of hydrogen-bond donors (Lipinski definition) is 2. The van der Waals surface area contributed by atoms with Gasteiger partial charge in [0.15, 0.2) is 0 Å². The van der Waals surface area contributed by atoms with E-state index in [9.17, 15) is 9.65 Å². The van der Waals surface area contributed by atoms with Crippen LogP contribution in [0, 0.1) is 11.3 Å². The maximum atomic E-state index is 14.2. The number of piperazine rings is 1. The van der Waals surface area contributed by atoms with Crippen LogP contribution in [0.25, 0.3) is 11.3 Å². The van der Waals surface area contributed by atoms with Crippen molar-refractivity contribution < 1.29 is 13.9 Å². The van der Waals surface area contributed by atoms with Gasteiger partial charge in [-0.05, 0) is 50.3 Å². The van der Waals surface area contributed by atoms with Gasteiger partial charge in [0.2, 0.25) is 5.88 Å². The Bertz CT molecular complexity index is 1310. The number of piperidine rings is 1. The van der Waals surface area contributed by atoms with Crippen molar-refractivity contribution in [3.63, 3.8) is 0 Å². The Labute approximate surface area is 221 Å². The molecule has 38 heavy (non-hydrogen) atoms. The van der Waals surface area contributed by atoms with Gasteiger partial charge in [-0.1, -0.05) is 0 Å². The molecule has 0 spiro atoms. The highest BCUT2D eigenvalue weighted by atomic mass is 19.1. The molecule has 10 nitrogen and oxygen atoms in total. The maximum Gasteiger partial charge on any atom is 0.239 e. The fourth-order valence-electron chi connectivity index (χ4n) is 4.63. The largest absolute Gasteiger partial charge is 0.486 e. The average Bonchev–Trinajstić information content (AvgIpc) is 2.95. The van der Waals surface area contributed by atoms with Crippen LogP contribution in [0.1, 0.15) is 12.0 Å². The Morgan fingerprint density at radius 2 is 1.95 bits per heavy atom. The van der Waals surface area contributed by atoms with Crippen LogP contribution in [0.4, 0.5) is 21.7 Å². The fourth-order valence-corrected chi connectivity index (χ4v) is 4.63. The number of nitriles is 1. The van der Waals surface area contributed by atoms with Crippen molar-refractivity contribution in [2.45, 2.75) is 18.7 Å². The van der Waals surface area contributed by atoms with E-state index in [0.717, 1.165) is 37.4 Å². The van der Waals surface area contributed by atoms with E-state index in [1.807, 2.05) is 18.2 Å². The van der Waals surface area contributed by atoms with E-state index in [1.165, 1.54) is 6.33 Å². The van der Waals surface area contributed by atoms with Crippen molar-refractivity contribution in [2.75, 3.05) is 63.6 Å². The number of aromatic nitrogens is 3. The molecule has 0 saturated carbocycles. The summed E-state index contributed by atoms with van der Waals surface area (Å²) in [6, 6.07) is 13.0. The van der Waals surface area contributed by atoms with Crippen molar-refractivity contribution in [1.82, 2.24) is 25.2 Å². The minimum absolute atomic E-state index is 0.251. The van der Waals surface area contributed by atoms with Crippen LogP contribution in [0.15, 0.2) is 42.7 Å². The van der Waals surface area contributed by atoms with Crippen molar-refractivity contribution in [3.8, 4) is 29.0 Å². The smallest absolute Gasteiger partial charge is 0.239 e. The van der Waals surface area contributed by atoms with Gasteiger partial charge in [0.25, 0.3) is 0 Å². The Hall–Kier alpha value is -4.01. The fraction of sp³-hybridized carbons (Fsp3) is 0.407. The van der Waals surface area contributed by atoms with Gasteiger partial charge < -0.3 is 29.9 Å². The molecule has 11 heteroatoms. The summed E-state index contributed by atoms with van der Waals surface area (Å²) < 4.78 is 25.6. The third-order valence-corrected chi connectivity index (χ3v) is 6.82. The monoisotopic (exact) mass is 518 g/mol. The molecule has 2 fully saturated rings. The average molecular weight is 519 g/mol. The number of ether oxygens (including phenoxy) is 2. The summed E-state index contributed by atoms with van der Waals surface area (Å²) in [6.45, 7) is 4.74. The lowest BCUT2D eigenvalue weighted by molar-refractivity contribution is 0.0729. The second-order valence-corrected chi connectivity index (χ2v) is 9.42. The number of hydrogen-bond acceptors (Lipinski definition) is 10. The van der Waals surface area contributed by atoms with E-state index in [-0.39, 0.29) is 6.54 Å². The van der Waals surface area contributed by atoms with Crippen LogP contribution < -0.4 is 25.0 Å². The van der Waals surface area contributed by atoms with Gasteiger partial charge in [0.05, 0.1) is 18.4 Å². The summed E-state index contributed by atoms with van der Waals surface area (Å²) in [5, 5.41) is 15.9. The molecule has 2 saturated heterocycles. The number of rotatable bonds is 7. The van der Waals surface area contributed by atoms with Crippen LogP contribution >= 0.6 is 0 Å². The molecule has 3 aromatic rings. The summed E-state index contributed by atoms with van der Waals surface area (Å²) in [5.41, 5.74) is 2.63. The van der Waals surface area contributed by atoms with Crippen LogP contribution in [0.2, 0.25) is 0 Å². The van der Waals surface area contributed by atoms with E-state index in [2.05, 4.69) is 48.5 Å². The highest BCUT2D eigenvalue weighted by Crippen LogP contribution is 2.31. The predicted molar refractivity (Wildman–Crippen MR) is 143 cm³/mol. The molecule has 198 valence electrons. The Morgan fingerprint density at radius 1 is 1.11 bits per heavy atom. The zero-order chi connectivity index (χ0) is 26.5. The van der Waals surface area contributed by atoms with E-state index in [0.29, 0.717) is 47.5 Å². The molecular formula is C27H31FN8O2. The summed E-state index contributed by atoms with van der Waals surface area (Å²) in [4.78, 5) is 17.9. The zero-order valence-electron chi connectivity index (χ0n) is 21.5. The first kappa shape index (κ1) is 25.6. The van der Waals surface area contributed by atoms with Gasteiger partial charge in [-0.3, -0.25) is 0 Å². The molecule has 0 bridgehead atoms. The molecule has 0 amide bonds. The number of pyridine rings is 1. The standard InChI is InChI=1S/C27H31FN8O2/c1-35-9-11-36(12-10-35)22-4-6-25(34-27(22)37-2)33-26-14-21(31-17-32-26)18-3-5-23(19(13-18)15-29)38-24-7-8-30-16-20(24)28/h3-6,13-14,17,20,24,30H,7-12,16H2,1-2H3,(H,31,32,33,34)/t20-,24+/m1/s1. The molecular weight excluding hydrogens is 487 g/mol. The van der Waals surface area contributed by atoms with Crippen molar-refractivity contribution in [1.29, 1.82) is 5.26 Å². The molecule has 2 aliphatic rings. The molecule has 0 unspecified atom stereocenters. The Balaban J connectivity index is 1.32. The maximum absolute atomic E-state index is 14.2. The molecule has 4 heterocycles. The number of nitrogens with zero attached hydrogens (tertiary/aromatic N) is 6. The molecule has 2 atom stereocenters. The van der Waals surface area contributed by atoms with Crippen LogP contribution in [-0.2, 0) is 0 Å².